The zero-order valence-electron chi connectivity index (χ0n) is 11.2. The molecule has 0 aromatic carbocycles. The van der Waals surface area contributed by atoms with E-state index < -0.39 is 5.60 Å². The number of likely N-dealkylation sites (tertiary alicyclic amines) is 1. The molecule has 1 aromatic rings. The molecule has 19 heavy (non-hydrogen) atoms. The van der Waals surface area contributed by atoms with Gasteiger partial charge in [-0.25, -0.2) is 4.79 Å². The topological polar surface area (TPSA) is 51.5 Å². The van der Waals surface area contributed by atoms with Gasteiger partial charge in [0.15, 0.2) is 0 Å². The predicted octanol–water partition coefficient (Wildman–Crippen LogP) is 2.40. The smallest absolute Gasteiger partial charge is 0.410 e. The number of pyridine rings is 1. The van der Waals surface area contributed by atoms with Gasteiger partial charge in [0.2, 0.25) is 0 Å². The summed E-state index contributed by atoms with van der Waals surface area (Å²) < 4.78 is 7.45. The highest BCUT2D eigenvalue weighted by molar-refractivity contribution is 9.10. The van der Waals surface area contributed by atoms with Crippen LogP contribution in [0.4, 0.5) is 4.79 Å². The van der Waals surface area contributed by atoms with Crippen molar-refractivity contribution in [3.8, 4) is 0 Å². The summed E-state index contributed by atoms with van der Waals surface area (Å²) in [5.74, 6) is 0. The van der Waals surface area contributed by atoms with Crippen molar-refractivity contribution in [1.82, 2.24) is 9.47 Å². The van der Waals surface area contributed by atoms with Crippen molar-refractivity contribution in [3.05, 3.63) is 33.2 Å². The number of halogens is 1. The lowest BCUT2D eigenvalue weighted by atomic mass is 10.1. The van der Waals surface area contributed by atoms with Gasteiger partial charge in [0.05, 0.1) is 10.5 Å². The molecular formula is C13H17BrN2O3. The van der Waals surface area contributed by atoms with Crippen molar-refractivity contribution in [2.24, 2.45) is 0 Å². The largest absolute Gasteiger partial charge is 0.444 e. The Hall–Kier alpha value is -1.30. The van der Waals surface area contributed by atoms with Crippen LogP contribution in [0.2, 0.25) is 0 Å². The van der Waals surface area contributed by atoms with Crippen LogP contribution in [-0.2, 0) is 4.74 Å². The summed E-state index contributed by atoms with van der Waals surface area (Å²) in [7, 11) is 0. The fourth-order valence-electron chi connectivity index (χ4n) is 1.88. The summed E-state index contributed by atoms with van der Waals surface area (Å²) in [5, 5.41) is 0. The van der Waals surface area contributed by atoms with E-state index >= 15 is 0 Å². The van der Waals surface area contributed by atoms with Crippen LogP contribution in [0.25, 0.3) is 0 Å². The third kappa shape index (κ3) is 3.18. The van der Waals surface area contributed by atoms with Crippen LogP contribution >= 0.6 is 15.9 Å². The van der Waals surface area contributed by atoms with E-state index in [0.29, 0.717) is 17.6 Å². The molecule has 5 nitrogen and oxygen atoms in total. The normalized spacial score (nSPS) is 16.1. The van der Waals surface area contributed by atoms with Crippen LogP contribution in [-0.4, -0.2) is 34.3 Å². The molecule has 1 aliphatic heterocycles. The molecule has 1 saturated heterocycles. The molecule has 2 rings (SSSR count). The van der Waals surface area contributed by atoms with E-state index in [1.165, 1.54) is 0 Å². The third-order valence-corrected chi connectivity index (χ3v) is 3.44. The van der Waals surface area contributed by atoms with E-state index in [-0.39, 0.29) is 17.7 Å². The first kappa shape index (κ1) is 14.1. The van der Waals surface area contributed by atoms with Crippen molar-refractivity contribution in [2.75, 3.05) is 13.1 Å². The van der Waals surface area contributed by atoms with Gasteiger partial charge in [-0.3, -0.25) is 4.79 Å². The second-order valence-corrected chi connectivity index (χ2v) is 6.46. The second-order valence-electron chi connectivity index (χ2n) is 5.61. The van der Waals surface area contributed by atoms with Crippen molar-refractivity contribution in [2.45, 2.75) is 32.4 Å². The lowest BCUT2D eigenvalue weighted by Gasteiger charge is -2.40. The maximum atomic E-state index is 11.9. The minimum Gasteiger partial charge on any atom is -0.444 e. The number of hydrogen-bond donors (Lipinski definition) is 0. The van der Waals surface area contributed by atoms with Gasteiger partial charge in [-0.2, -0.15) is 0 Å². The van der Waals surface area contributed by atoms with Gasteiger partial charge in [0.25, 0.3) is 5.56 Å². The zero-order chi connectivity index (χ0) is 14.2. The Labute approximate surface area is 120 Å². The number of amides is 1. The number of hydrogen-bond acceptors (Lipinski definition) is 3. The molecule has 0 unspecified atom stereocenters. The maximum Gasteiger partial charge on any atom is 0.410 e. The average molecular weight is 329 g/mol. The summed E-state index contributed by atoms with van der Waals surface area (Å²) in [4.78, 5) is 25.3. The molecule has 1 amide bonds. The Morgan fingerprint density at radius 2 is 2.05 bits per heavy atom. The maximum absolute atomic E-state index is 11.9. The van der Waals surface area contributed by atoms with Crippen LogP contribution in [0.15, 0.2) is 27.6 Å². The zero-order valence-corrected chi connectivity index (χ0v) is 12.8. The van der Waals surface area contributed by atoms with E-state index in [1.807, 2.05) is 26.8 Å². The van der Waals surface area contributed by atoms with E-state index in [0.717, 1.165) is 0 Å². The number of carbonyl (C=O) groups excluding carboxylic acids is 1. The van der Waals surface area contributed by atoms with Gasteiger partial charge in [0.1, 0.15) is 5.60 Å². The van der Waals surface area contributed by atoms with Crippen molar-refractivity contribution >= 4 is 22.0 Å². The molecule has 6 heteroatoms. The van der Waals surface area contributed by atoms with Gasteiger partial charge in [-0.05, 0) is 48.8 Å². The van der Waals surface area contributed by atoms with Crippen LogP contribution in [0.1, 0.15) is 26.8 Å². The van der Waals surface area contributed by atoms with Crippen LogP contribution in [0.5, 0.6) is 0 Å². The van der Waals surface area contributed by atoms with E-state index in [2.05, 4.69) is 15.9 Å². The second kappa shape index (κ2) is 5.00. The number of rotatable bonds is 1. The van der Waals surface area contributed by atoms with Crippen molar-refractivity contribution in [3.63, 3.8) is 0 Å². The van der Waals surface area contributed by atoms with E-state index in [4.69, 9.17) is 4.74 Å². The Bertz CT molecular complexity index is 542. The van der Waals surface area contributed by atoms with Crippen LogP contribution < -0.4 is 5.56 Å². The number of carbonyl (C=O) groups is 1. The van der Waals surface area contributed by atoms with Gasteiger partial charge in [-0.15, -0.1) is 0 Å². The fourth-order valence-corrected chi connectivity index (χ4v) is 2.23. The van der Waals surface area contributed by atoms with Crippen LogP contribution in [0, 0.1) is 0 Å². The highest BCUT2D eigenvalue weighted by Crippen LogP contribution is 2.22. The molecule has 0 N–H and O–H groups in total. The Morgan fingerprint density at radius 3 is 2.63 bits per heavy atom. The van der Waals surface area contributed by atoms with Gasteiger partial charge >= 0.3 is 6.09 Å². The highest BCUT2D eigenvalue weighted by Gasteiger charge is 2.35. The first-order valence-electron chi connectivity index (χ1n) is 6.12. The van der Waals surface area contributed by atoms with Crippen molar-refractivity contribution < 1.29 is 9.53 Å². The summed E-state index contributed by atoms with van der Waals surface area (Å²) in [6.07, 6.45) is 1.41. The third-order valence-electron chi connectivity index (χ3n) is 2.84. The lowest BCUT2D eigenvalue weighted by molar-refractivity contribution is 0.000636. The molecule has 0 radical (unpaired) electrons. The summed E-state index contributed by atoms with van der Waals surface area (Å²) in [5.41, 5.74) is -0.564. The number of aromatic nitrogens is 1. The molecule has 1 aliphatic rings. The first-order chi connectivity index (χ1) is 8.78. The summed E-state index contributed by atoms with van der Waals surface area (Å²) in [6.45, 7) is 6.51. The molecule has 0 spiro atoms. The fraction of sp³-hybridized carbons (Fsp3) is 0.538. The monoisotopic (exact) mass is 328 g/mol. The predicted molar refractivity (Wildman–Crippen MR) is 75.2 cm³/mol. The first-order valence-corrected chi connectivity index (χ1v) is 6.92. The molecule has 0 bridgehead atoms. The Morgan fingerprint density at radius 1 is 1.42 bits per heavy atom. The summed E-state index contributed by atoms with van der Waals surface area (Å²) >= 11 is 3.21. The molecular weight excluding hydrogens is 312 g/mol. The molecule has 2 heterocycles. The van der Waals surface area contributed by atoms with Crippen molar-refractivity contribution in [1.29, 1.82) is 0 Å². The standard InChI is InChI=1S/C13H17BrN2O3/c1-13(2,3)19-12(18)15-7-9(8-15)16-6-4-5-10(14)11(16)17/h4-6,9H,7-8H2,1-3H3. The van der Waals surface area contributed by atoms with E-state index in [1.54, 1.807) is 21.7 Å². The SMILES string of the molecule is CC(C)(C)OC(=O)N1CC(n2cccc(Br)c2=O)C1. The molecule has 0 aliphatic carbocycles. The number of nitrogens with zero attached hydrogens (tertiary/aromatic N) is 2. The molecule has 0 saturated carbocycles. The van der Waals surface area contributed by atoms with Gasteiger partial charge in [0, 0.05) is 19.3 Å². The molecule has 104 valence electrons. The molecule has 1 fully saturated rings. The molecule has 0 atom stereocenters. The highest BCUT2D eigenvalue weighted by atomic mass is 79.9. The number of ether oxygens (including phenoxy) is 1. The van der Waals surface area contributed by atoms with Gasteiger partial charge in [-0.1, -0.05) is 0 Å². The Kier molecular flexibility index (Phi) is 3.71. The minimum absolute atomic E-state index is 0.0255. The average Bonchev–Trinajstić information content (AvgIpc) is 2.19. The molecule has 1 aromatic heterocycles. The Balaban J connectivity index is 1.98. The quantitative estimate of drug-likeness (QED) is 0.795. The summed E-state index contributed by atoms with van der Waals surface area (Å²) in [6, 6.07) is 3.54. The van der Waals surface area contributed by atoms with Crippen LogP contribution in [0.3, 0.4) is 0 Å². The lowest BCUT2D eigenvalue weighted by Crippen LogP contribution is -2.53. The van der Waals surface area contributed by atoms with E-state index in [9.17, 15) is 9.59 Å². The minimum atomic E-state index is -0.491. The van der Waals surface area contributed by atoms with Gasteiger partial charge < -0.3 is 14.2 Å².